The fourth-order valence-electron chi connectivity index (χ4n) is 1.73. The van der Waals surface area contributed by atoms with Gasteiger partial charge in [0.25, 0.3) is 0 Å². The normalized spacial score (nSPS) is 11.9. The lowest BCUT2D eigenvalue weighted by atomic mass is 10.2. The Labute approximate surface area is 122 Å². The molecule has 20 heavy (non-hydrogen) atoms. The number of rotatable bonds is 5. The first-order chi connectivity index (χ1) is 9.60. The number of aromatic nitrogens is 2. The molecule has 0 saturated carbocycles. The first-order valence-corrected chi connectivity index (χ1v) is 6.82. The second-order valence-electron chi connectivity index (χ2n) is 4.42. The van der Waals surface area contributed by atoms with Crippen LogP contribution in [0.15, 0.2) is 36.7 Å². The van der Waals surface area contributed by atoms with Crippen LogP contribution in [0.2, 0.25) is 5.02 Å². The molecule has 0 radical (unpaired) electrons. The van der Waals surface area contributed by atoms with Gasteiger partial charge in [0.1, 0.15) is 6.04 Å². The van der Waals surface area contributed by atoms with Crippen LogP contribution in [-0.4, -0.2) is 21.7 Å². The molecular formula is C14H17ClN4O. The number of anilines is 2. The highest BCUT2D eigenvalue weighted by molar-refractivity contribution is 6.33. The largest absolute Gasteiger partial charge is 0.371 e. The van der Waals surface area contributed by atoms with Crippen LogP contribution in [0.4, 0.5) is 11.4 Å². The zero-order valence-electron chi connectivity index (χ0n) is 11.4. The van der Waals surface area contributed by atoms with Gasteiger partial charge in [-0.1, -0.05) is 23.7 Å². The Hall–Kier alpha value is -2.01. The van der Waals surface area contributed by atoms with Crippen LogP contribution in [0.3, 0.4) is 0 Å². The van der Waals surface area contributed by atoms with Crippen molar-refractivity contribution in [3.8, 4) is 0 Å². The summed E-state index contributed by atoms with van der Waals surface area (Å²) in [6, 6.07) is 6.76. The highest BCUT2D eigenvalue weighted by Crippen LogP contribution is 2.20. The molecule has 6 heteroatoms. The summed E-state index contributed by atoms with van der Waals surface area (Å²) in [7, 11) is 0. The third-order valence-corrected chi connectivity index (χ3v) is 3.20. The monoisotopic (exact) mass is 292 g/mol. The molecule has 0 bridgehead atoms. The van der Waals surface area contributed by atoms with E-state index in [1.807, 2.05) is 25.3 Å². The number of carbonyl (C=O) groups is 1. The second-order valence-corrected chi connectivity index (χ2v) is 4.83. The fraction of sp³-hybridized carbons (Fsp3) is 0.286. The van der Waals surface area contributed by atoms with Crippen LogP contribution in [0.25, 0.3) is 0 Å². The van der Waals surface area contributed by atoms with Crippen molar-refractivity contribution in [1.29, 1.82) is 0 Å². The minimum Gasteiger partial charge on any atom is -0.371 e. The van der Waals surface area contributed by atoms with Crippen molar-refractivity contribution in [3.05, 3.63) is 41.7 Å². The summed E-state index contributed by atoms with van der Waals surface area (Å²) in [4.78, 5) is 12.1. The topological polar surface area (TPSA) is 59.0 Å². The van der Waals surface area contributed by atoms with Gasteiger partial charge in [0, 0.05) is 12.7 Å². The summed E-state index contributed by atoms with van der Waals surface area (Å²) < 4.78 is 1.79. The van der Waals surface area contributed by atoms with Gasteiger partial charge in [-0.05, 0) is 26.0 Å². The Morgan fingerprint density at radius 3 is 2.85 bits per heavy atom. The molecule has 0 aliphatic carbocycles. The summed E-state index contributed by atoms with van der Waals surface area (Å²) >= 11 is 6.01. The molecule has 106 valence electrons. The predicted molar refractivity (Wildman–Crippen MR) is 81.1 cm³/mol. The number of amides is 1. The van der Waals surface area contributed by atoms with E-state index in [1.165, 1.54) is 0 Å². The summed E-state index contributed by atoms with van der Waals surface area (Å²) in [5.74, 6) is -0.151. The van der Waals surface area contributed by atoms with Crippen LogP contribution in [0.5, 0.6) is 0 Å². The smallest absolute Gasteiger partial charge is 0.246 e. The van der Waals surface area contributed by atoms with Crippen LogP contribution in [-0.2, 0) is 11.3 Å². The Bertz CT molecular complexity index is 596. The lowest BCUT2D eigenvalue weighted by Crippen LogP contribution is -2.31. The molecule has 0 saturated heterocycles. The molecule has 1 aromatic heterocycles. The highest BCUT2D eigenvalue weighted by Gasteiger charge is 2.14. The van der Waals surface area contributed by atoms with E-state index in [1.54, 1.807) is 29.9 Å². The van der Waals surface area contributed by atoms with E-state index < -0.39 is 0 Å². The molecular weight excluding hydrogens is 276 g/mol. The zero-order chi connectivity index (χ0) is 14.5. The second kappa shape index (κ2) is 6.43. The standard InChI is InChI=1S/C14H17ClN4O/c1-3-19-9-11(8-16-19)17-10(2)14(20)18-13-7-5-4-6-12(13)15/h4-10,17H,3H2,1-2H3,(H,18,20)/t10-/m0/s1. The van der Waals surface area contributed by atoms with Crippen molar-refractivity contribution in [2.75, 3.05) is 10.6 Å². The molecule has 2 rings (SSSR count). The van der Waals surface area contributed by atoms with Crippen LogP contribution in [0, 0.1) is 0 Å². The molecule has 0 unspecified atom stereocenters. The number of nitrogens with one attached hydrogen (secondary N) is 2. The lowest BCUT2D eigenvalue weighted by Gasteiger charge is -2.14. The van der Waals surface area contributed by atoms with E-state index >= 15 is 0 Å². The maximum atomic E-state index is 12.1. The molecule has 0 fully saturated rings. The number of benzene rings is 1. The Morgan fingerprint density at radius 1 is 1.45 bits per heavy atom. The maximum absolute atomic E-state index is 12.1. The van der Waals surface area contributed by atoms with Gasteiger partial charge in [0.2, 0.25) is 5.91 Å². The van der Waals surface area contributed by atoms with Crippen molar-refractivity contribution >= 4 is 28.9 Å². The van der Waals surface area contributed by atoms with Crippen molar-refractivity contribution in [3.63, 3.8) is 0 Å². The predicted octanol–water partition coefficient (Wildman–Crippen LogP) is 3.00. The molecule has 0 aliphatic rings. The van der Waals surface area contributed by atoms with Gasteiger partial charge in [0.05, 0.1) is 22.6 Å². The highest BCUT2D eigenvalue weighted by atomic mass is 35.5. The molecule has 1 amide bonds. The van der Waals surface area contributed by atoms with Crippen molar-refractivity contribution < 1.29 is 4.79 Å². The van der Waals surface area contributed by atoms with E-state index in [0.717, 1.165) is 12.2 Å². The minimum atomic E-state index is -0.388. The molecule has 0 aliphatic heterocycles. The third kappa shape index (κ3) is 3.51. The van der Waals surface area contributed by atoms with Crippen molar-refractivity contribution in [2.24, 2.45) is 0 Å². The van der Waals surface area contributed by atoms with Gasteiger partial charge in [-0.2, -0.15) is 5.10 Å². The first-order valence-electron chi connectivity index (χ1n) is 6.44. The van der Waals surface area contributed by atoms with Crippen LogP contribution >= 0.6 is 11.6 Å². The SMILES string of the molecule is CCn1cc(N[C@@H](C)C(=O)Nc2ccccc2Cl)cn1. The summed E-state index contributed by atoms with van der Waals surface area (Å²) in [5.41, 5.74) is 1.42. The number of aryl methyl sites for hydroxylation is 1. The molecule has 1 aromatic carbocycles. The summed E-state index contributed by atoms with van der Waals surface area (Å²) in [6.07, 6.45) is 3.56. The van der Waals surface area contributed by atoms with Crippen LogP contribution in [0.1, 0.15) is 13.8 Å². The van der Waals surface area contributed by atoms with E-state index in [4.69, 9.17) is 11.6 Å². The van der Waals surface area contributed by atoms with Gasteiger partial charge in [-0.25, -0.2) is 0 Å². The number of nitrogens with zero attached hydrogens (tertiary/aromatic N) is 2. The number of carbonyl (C=O) groups excluding carboxylic acids is 1. The Morgan fingerprint density at radius 2 is 2.20 bits per heavy atom. The Balaban J connectivity index is 1.97. The van der Waals surface area contributed by atoms with Gasteiger partial charge >= 0.3 is 0 Å². The summed E-state index contributed by atoms with van der Waals surface area (Å²) in [5, 5.41) is 10.6. The van der Waals surface area contributed by atoms with Gasteiger partial charge in [0.15, 0.2) is 0 Å². The molecule has 0 spiro atoms. The Kier molecular flexibility index (Phi) is 4.63. The van der Waals surface area contributed by atoms with E-state index in [9.17, 15) is 4.79 Å². The molecule has 5 nitrogen and oxygen atoms in total. The number of hydrogen-bond acceptors (Lipinski definition) is 3. The van der Waals surface area contributed by atoms with E-state index in [0.29, 0.717) is 10.7 Å². The third-order valence-electron chi connectivity index (χ3n) is 2.87. The van der Waals surface area contributed by atoms with E-state index in [2.05, 4.69) is 15.7 Å². The lowest BCUT2D eigenvalue weighted by molar-refractivity contribution is -0.116. The number of para-hydroxylation sites is 1. The quantitative estimate of drug-likeness (QED) is 0.890. The molecule has 2 aromatic rings. The number of hydrogen-bond donors (Lipinski definition) is 2. The van der Waals surface area contributed by atoms with Crippen molar-refractivity contribution in [2.45, 2.75) is 26.4 Å². The average molecular weight is 293 g/mol. The molecule has 2 N–H and O–H groups in total. The number of halogens is 1. The first kappa shape index (κ1) is 14.4. The maximum Gasteiger partial charge on any atom is 0.246 e. The minimum absolute atomic E-state index is 0.151. The van der Waals surface area contributed by atoms with Crippen LogP contribution < -0.4 is 10.6 Å². The van der Waals surface area contributed by atoms with Gasteiger partial charge in [-0.3, -0.25) is 9.48 Å². The van der Waals surface area contributed by atoms with Crippen molar-refractivity contribution in [1.82, 2.24) is 9.78 Å². The van der Waals surface area contributed by atoms with Gasteiger partial charge < -0.3 is 10.6 Å². The zero-order valence-corrected chi connectivity index (χ0v) is 12.2. The molecule has 1 atom stereocenters. The summed E-state index contributed by atoms with van der Waals surface area (Å²) in [6.45, 7) is 4.58. The average Bonchev–Trinajstić information content (AvgIpc) is 2.89. The van der Waals surface area contributed by atoms with E-state index in [-0.39, 0.29) is 11.9 Å². The molecule has 1 heterocycles. The fourth-order valence-corrected chi connectivity index (χ4v) is 1.91. The van der Waals surface area contributed by atoms with Gasteiger partial charge in [-0.15, -0.1) is 0 Å².